The predicted octanol–water partition coefficient (Wildman–Crippen LogP) is 4.50. The molecule has 0 aliphatic carbocycles. The number of carbonyl (C=O) groups is 1. The molecule has 2 aromatic carbocycles. The molecule has 0 radical (unpaired) electrons. The molecule has 1 heterocycles. The Labute approximate surface area is 156 Å². The third-order valence-corrected chi connectivity index (χ3v) is 5.27. The van der Waals surface area contributed by atoms with E-state index in [1.54, 1.807) is 18.9 Å². The second-order valence-corrected chi connectivity index (χ2v) is 7.27. The highest BCUT2D eigenvalue weighted by molar-refractivity contribution is 8.00. The number of carboxylic acids is 1. The van der Waals surface area contributed by atoms with Gasteiger partial charge in [-0.1, -0.05) is 18.5 Å². The predicted molar refractivity (Wildman–Crippen MR) is 102 cm³/mol. The van der Waals surface area contributed by atoms with Gasteiger partial charge in [0, 0.05) is 23.8 Å². The van der Waals surface area contributed by atoms with E-state index in [1.807, 2.05) is 49.5 Å². The van der Waals surface area contributed by atoms with Crippen LogP contribution in [0.15, 0.2) is 47.4 Å². The van der Waals surface area contributed by atoms with Gasteiger partial charge in [-0.15, -0.1) is 0 Å². The molecule has 1 aliphatic rings. The van der Waals surface area contributed by atoms with Crippen LogP contribution in [-0.2, 0) is 4.79 Å². The number of aliphatic carboxylic acids is 1. The average molecular weight is 379 g/mol. The molecule has 1 atom stereocenters. The molecular formula is C18H19ClN2O3S. The number of hydrogen-bond acceptors (Lipinski definition) is 5. The highest BCUT2D eigenvalue weighted by Crippen LogP contribution is 2.41. The zero-order chi connectivity index (χ0) is 18.0. The quantitative estimate of drug-likeness (QED) is 0.773. The lowest BCUT2D eigenvalue weighted by Crippen LogP contribution is -2.35. The summed E-state index contributed by atoms with van der Waals surface area (Å²) in [5.41, 5.74) is 2.09. The first-order valence-corrected chi connectivity index (χ1v) is 9.08. The van der Waals surface area contributed by atoms with Gasteiger partial charge in [0.15, 0.2) is 6.10 Å². The zero-order valence-electron chi connectivity index (χ0n) is 14.0. The van der Waals surface area contributed by atoms with Crippen molar-refractivity contribution < 1.29 is 14.6 Å². The molecule has 25 heavy (non-hydrogen) atoms. The van der Waals surface area contributed by atoms with Gasteiger partial charge >= 0.3 is 5.97 Å². The largest absolute Gasteiger partial charge is 0.479 e. The van der Waals surface area contributed by atoms with Gasteiger partial charge in [-0.25, -0.2) is 4.79 Å². The Morgan fingerprint density at radius 1 is 1.32 bits per heavy atom. The first kappa shape index (κ1) is 17.8. The number of carboxylic acid groups (broad SMARTS) is 1. The van der Waals surface area contributed by atoms with Crippen molar-refractivity contribution in [3.05, 3.63) is 47.5 Å². The van der Waals surface area contributed by atoms with Gasteiger partial charge in [0.2, 0.25) is 0 Å². The molecule has 0 saturated carbocycles. The molecule has 0 fully saturated rings. The summed E-state index contributed by atoms with van der Waals surface area (Å²) in [4.78, 5) is 14.3. The number of ether oxygens (including phenoxy) is 1. The molecule has 0 bridgehead atoms. The maximum atomic E-state index is 11.2. The molecule has 7 heteroatoms. The fraction of sp³-hybridized carbons (Fsp3) is 0.278. The number of fused-ring (bicyclic) bond motifs is 1. The van der Waals surface area contributed by atoms with Crippen molar-refractivity contribution >= 4 is 40.9 Å². The van der Waals surface area contributed by atoms with E-state index >= 15 is 0 Å². The van der Waals surface area contributed by atoms with E-state index in [9.17, 15) is 4.79 Å². The summed E-state index contributed by atoms with van der Waals surface area (Å²) in [7, 11) is 2.00. The fourth-order valence-electron chi connectivity index (χ4n) is 2.58. The average Bonchev–Trinajstić information content (AvgIpc) is 2.60. The fourth-order valence-corrected chi connectivity index (χ4v) is 3.84. The standard InChI is InChI=1S/C18H19ClN2O3S/c1-3-16(18(22)23)24-14-8-9-17-15(10-14)20(2)11-21(25-17)13-6-4-12(19)5-7-13/h4-10,16H,3,11H2,1-2H3,(H,22,23). The summed E-state index contributed by atoms with van der Waals surface area (Å²) in [6.07, 6.45) is -0.411. The first-order chi connectivity index (χ1) is 12.0. The van der Waals surface area contributed by atoms with Crippen molar-refractivity contribution in [1.29, 1.82) is 0 Å². The number of anilines is 2. The summed E-state index contributed by atoms with van der Waals surface area (Å²) >= 11 is 7.60. The topological polar surface area (TPSA) is 53.0 Å². The number of hydrogen-bond donors (Lipinski definition) is 1. The van der Waals surface area contributed by atoms with E-state index in [0.717, 1.165) is 16.3 Å². The lowest BCUT2D eigenvalue weighted by molar-refractivity contribution is -0.145. The van der Waals surface area contributed by atoms with Gasteiger partial charge in [0.05, 0.1) is 10.6 Å². The molecular weight excluding hydrogens is 360 g/mol. The van der Waals surface area contributed by atoms with Gasteiger partial charge in [-0.05, 0) is 54.8 Å². The summed E-state index contributed by atoms with van der Waals surface area (Å²) in [6.45, 7) is 2.49. The van der Waals surface area contributed by atoms with Gasteiger partial charge in [-0.3, -0.25) is 4.31 Å². The van der Waals surface area contributed by atoms with Crippen LogP contribution in [0.1, 0.15) is 13.3 Å². The van der Waals surface area contributed by atoms with Crippen LogP contribution < -0.4 is 13.9 Å². The zero-order valence-corrected chi connectivity index (χ0v) is 15.5. The van der Waals surface area contributed by atoms with Crippen molar-refractivity contribution in [1.82, 2.24) is 0 Å². The van der Waals surface area contributed by atoms with Crippen molar-refractivity contribution in [2.24, 2.45) is 0 Å². The van der Waals surface area contributed by atoms with Crippen LogP contribution in [0.4, 0.5) is 11.4 Å². The SMILES string of the molecule is CCC(Oc1ccc2c(c1)N(C)CN(c1ccc(Cl)cc1)S2)C(=O)O. The number of nitrogens with zero attached hydrogens (tertiary/aromatic N) is 2. The Kier molecular flexibility index (Phi) is 5.30. The first-order valence-electron chi connectivity index (χ1n) is 7.93. The summed E-state index contributed by atoms with van der Waals surface area (Å²) in [5.74, 6) is -0.378. The Bertz CT molecular complexity index is 769. The maximum absolute atomic E-state index is 11.2. The van der Waals surface area contributed by atoms with Crippen molar-refractivity contribution in [3.63, 3.8) is 0 Å². The Morgan fingerprint density at radius 3 is 2.68 bits per heavy atom. The number of rotatable bonds is 5. The smallest absolute Gasteiger partial charge is 0.344 e. The van der Waals surface area contributed by atoms with Gasteiger partial charge in [-0.2, -0.15) is 0 Å². The molecule has 3 rings (SSSR count). The van der Waals surface area contributed by atoms with Crippen molar-refractivity contribution in [3.8, 4) is 5.75 Å². The van der Waals surface area contributed by atoms with Crippen LogP contribution in [0.25, 0.3) is 0 Å². The van der Waals surface area contributed by atoms with Crippen LogP contribution in [0.3, 0.4) is 0 Å². The molecule has 5 nitrogen and oxygen atoms in total. The van der Waals surface area contributed by atoms with Gasteiger partial charge in [0.1, 0.15) is 12.4 Å². The van der Waals surface area contributed by atoms with Gasteiger partial charge < -0.3 is 14.7 Å². The molecule has 1 N–H and O–H groups in total. The van der Waals surface area contributed by atoms with Crippen molar-refractivity contribution in [2.45, 2.75) is 24.3 Å². The minimum absolute atomic E-state index is 0.418. The van der Waals surface area contributed by atoms with E-state index in [4.69, 9.17) is 21.4 Å². The van der Waals surface area contributed by atoms with Gasteiger partial charge in [0.25, 0.3) is 0 Å². The second kappa shape index (κ2) is 7.45. The monoisotopic (exact) mass is 378 g/mol. The van der Waals surface area contributed by atoms with E-state index in [1.165, 1.54) is 0 Å². The molecule has 1 unspecified atom stereocenters. The van der Waals surface area contributed by atoms with Crippen LogP contribution >= 0.6 is 23.5 Å². The molecule has 1 aliphatic heterocycles. The van der Waals surface area contributed by atoms with E-state index in [-0.39, 0.29) is 0 Å². The number of benzene rings is 2. The van der Waals surface area contributed by atoms with Crippen LogP contribution in [0.2, 0.25) is 5.02 Å². The molecule has 0 saturated heterocycles. The van der Waals surface area contributed by atoms with Crippen LogP contribution in [-0.4, -0.2) is 30.9 Å². The lowest BCUT2D eigenvalue weighted by Gasteiger charge is -2.36. The lowest BCUT2D eigenvalue weighted by atomic mass is 10.2. The summed E-state index contributed by atoms with van der Waals surface area (Å²) < 4.78 is 7.77. The van der Waals surface area contributed by atoms with Crippen LogP contribution in [0.5, 0.6) is 5.75 Å². The summed E-state index contributed by atoms with van der Waals surface area (Å²) in [6, 6.07) is 13.4. The van der Waals surface area contributed by atoms with Crippen molar-refractivity contribution in [2.75, 3.05) is 22.9 Å². The number of halogens is 1. The molecule has 0 spiro atoms. The second-order valence-electron chi connectivity index (χ2n) is 5.77. The Hall–Kier alpha value is -2.05. The highest BCUT2D eigenvalue weighted by Gasteiger charge is 2.23. The third-order valence-electron chi connectivity index (χ3n) is 3.93. The minimum Gasteiger partial charge on any atom is -0.479 e. The Morgan fingerprint density at radius 2 is 2.04 bits per heavy atom. The maximum Gasteiger partial charge on any atom is 0.344 e. The molecule has 0 amide bonds. The third kappa shape index (κ3) is 3.96. The Balaban J connectivity index is 1.81. The van der Waals surface area contributed by atoms with E-state index in [0.29, 0.717) is 23.9 Å². The summed E-state index contributed by atoms with van der Waals surface area (Å²) in [5, 5.41) is 9.86. The van der Waals surface area contributed by atoms with Crippen LogP contribution in [0, 0.1) is 0 Å². The molecule has 2 aromatic rings. The highest BCUT2D eigenvalue weighted by atomic mass is 35.5. The van der Waals surface area contributed by atoms with E-state index in [2.05, 4.69) is 9.21 Å². The van der Waals surface area contributed by atoms with E-state index < -0.39 is 12.1 Å². The normalized spacial score (nSPS) is 14.8. The molecule has 132 valence electrons. The minimum atomic E-state index is -0.947. The molecule has 0 aromatic heterocycles.